The summed E-state index contributed by atoms with van der Waals surface area (Å²) in [6.07, 6.45) is 0.613. The second kappa shape index (κ2) is 8.48. The predicted molar refractivity (Wildman–Crippen MR) is 97.4 cm³/mol. The van der Waals surface area contributed by atoms with E-state index in [4.69, 9.17) is 0 Å². The fraction of sp³-hybridized carbons (Fsp3) is 0.222. The molecule has 2 N–H and O–H groups in total. The maximum atomic E-state index is 12.4. The van der Waals surface area contributed by atoms with E-state index < -0.39 is 16.0 Å². The van der Waals surface area contributed by atoms with Crippen molar-refractivity contribution in [3.05, 3.63) is 59.7 Å². The minimum atomic E-state index is -3.74. The molecule has 26 heavy (non-hydrogen) atoms. The zero-order chi connectivity index (χ0) is 19.2. The van der Waals surface area contributed by atoms with Crippen molar-refractivity contribution < 1.29 is 22.7 Å². The normalized spacial score (nSPS) is 10.8. The summed E-state index contributed by atoms with van der Waals surface area (Å²) in [5.41, 5.74) is 1.59. The number of amides is 1. The average molecular weight is 376 g/mol. The number of ether oxygens (including phenoxy) is 1. The molecule has 0 aliphatic heterocycles. The van der Waals surface area contributed by atoms with E-state index in [1.807, 2.05) is 0 Å². The molecule has 8 heteroatoms. The highest BCUT2D eigenvalue weighted by Crippen LogP contribution is 2.17. The highest BCUT2D eigenvalue weighted by atomic mass is 32.2. The highest BCUT2D eigenvalue weighted by Gasteiger charge is 2.14. The number of anilines is 1. The van der Waals surface area contributed by atoms with Gasteiger partial charge >= 0.3 is 5.97 Å². The van der Waals surface area contributed by atoms with Gasteiger partial charge in [-0.2, -0.15) is 0 Å². The van der Waals surface area contributed by atoms with Crippen LogP contribution in [0.4, 0.5) is 5.69 Å². The van der Waals surface area contributed by atoms with Crippen molar-refractivity contribution in [2.24, 2.45) is 0 Å². The van der Waals surface area contributed by atoms with Gasteiger partial charge in [-0.3, -0.25) is 9.52 Å². The van der Waals surface area contributed by atoms with E-state index in [2.05, 4.69) is 14.8 Å². The van der Waals surface area contributed by atoms with Crippen molar-refractivity contribution in [3.8, 4) is 0 Å². The summed E-state index contributed by atoms with van der Waals surface area (Å²) < 4.78 is 31.9. The van der Waals surface area contributed by atoms with Crippen LogP contribution in [-0.2, 0) is 26.0 Å². The van der Waals surface area contributed by atoms with Gasteiger partial charge in [-0.25, -0.2) is 13.2 Å². The minimum Gasteiger partial charge on any atom is -0.465 e. The Balaban J connectivity index is 2.05. The standard InChI is InChI=1S/C18H20N2O5S/c1-13(21)19-12-11-14-3-9-17(10-4-14)26(23,24)20-16-7-5-15(6-8-16)18(22)25-2/h3-10,20H,11-12H2,1-2H3,(H,19,21). The van der Waals surface area contributed by atoms with Crippen molar-refractivity contribution >= 4 is 27.6 Å². The molecule has 0 radical (unpaired) electrons. The number of hydrogen-bond acceptors (Lipinski definition) is 5. The SMILES string of the molecule is COC(=O)c1ccc(NS(=O)(=O)c2ccc(CCNC(C)=O)cc2)cc1. The van der Waals surface area contributed by atoms with Gasteiger partial charge in [0.2, 0.25) is 5.91 Å². The van der Waals surface area contributed by atoms with E-state index in [0.717, 1.165) is 5.56 Å². The Morgan fingerprint density at radius 3 is 2.15 bits per heavy atom. The molecule has 138 valence electrons. The average Bonchev–Trinajstić information content (AvgIpc) is 2.61. The summed E-state index contributed by atoms with van der Waals surface area (Å²) in [5.74, 6) is -0.596. The Kier molecular flexibility index (Phi) is 6.35. The molecule has 2 rings (SSSR count). The van der Waals surface area contributed by atoms with E-state index in [1.165, 1.54) is 50.4 Å². The molecular formula is C18H20N2O5S. The first-order valence-electron chi connectivity index (χ1n) is 7.86. The Morgan fingerprint density at radius 2 is 1.62 bits per heavy atom. The number of carbonyl (C=O) groups is 2. The van der Waals surface area contributed by atoms with Crippen molar-refractivity contribution in [3.63, 3.8) is 0 Å². The molecule has 2 aromatic rings. The van der Waals surface area contributed by atoms with Crippen molar-refractivity contribution in [2.45, 2.75) is 18.2 Å². The van der Waals surface area contributed by atoms with Crippen molar-refractivity contribution in [1.29, 1.82) is 0 Å². The minimum absolute atomic E-state index is 0.105. The monoisotopic (exact) mass is 376 g/mol. The van der Waals surface area contributed by atoms with E-state index in [1.54, 1.807) is 12.1 Å². The van der Waals surface area contributed by atoms with Crippen molar-refractivity contribution in [1.82, 2.24) is 5.32 Å². The largest absolute Gasteiger partial charge is 0.465 e. The number of methoxy groups -OCH3 is 1. The van der Waals surface area contributed by atoms with E-state index in [0.29, 0.717) is 24.2 Å². The number of rotatable bonds is 7. The van der Waals surface area contributed by atoms with Crippen LogP contribution in [0.1, 0.15) is 22.8 Å². The van der Waals surface area contributed by atoms with Gasteiger partial charge in [0.05, 0.1) is 17.6 Å². The predicted octanol–water partition coefficient (Wildman–Crippen LogP) is 1.95. The van der Waals surface area contributed by atoms with Gasteiger partial charge in [-0.05, 0) is 48.4 Å². The Bertz CT molecular complexity index is 875. The summed E-state index contributed by atoms with van der Waals surface area (Å²) in [4.78, 5) is 22.4. The first kappa shape index (κ1) is 19.5. The molecule has 0 unspecified atom stereocenters. The van der Waals surface area contributed by atoms with Gasteiger partial charge in [0.1, 0.15) is 0 Å². The lowest BCUT2D eigenvalue weighted by Crippen LogP contribution is -2.22. The molecule has 7 nitrogen and oxygen atoms in total. The molecule has 0 bridgehead atoms. The molecule has 0 aromatic heterocycles. The number of hydrogen-bond donors (Lipinski definition) is 2. The van der Waals surface area contributed by atoms with Gasteiger partial charge in [0.15, 0.2) is 0 Å². The first-order chi connectivity index (χ1) is 12.3. The van der Waals surface area contributed by atoms with Crippen LogP contribution in [0.5, 0.6) is 0 Å². The van der Waals surface area contributed by atoms with E-state index in [9.17, 15) is 18.0 Å². The van der Waals surface area contributed by atoms with Crippen LogP contribution in [0, 0.1) is 0 Å². The summed E-state index contributed by atoms with van der Waals surface area (Å²) in [5, 5.41) is 2.69. The topological polar surface area (TPSA) is 102 Å². The van der Waals surface area contributed by atoms with Crippen LogP contribution in [0.25, 0.3) is 0 Å². The fourth-order valence-corrected chi connectivity index (χ4v) is 3.28. The third kappa shape index (κ3) is 5.32. The third-order valence-electron chi connectivity index (χ3n) is 3.58. The Morgan fingerprint density at radius 1 is 1.00 bits per heavy atom. The molecular weight excluding hydrogens is 356 g/mol. The first-order valence-corrected chi connectivity index (χ1v) is 9.35. The van der Waals surface area contributed by atoms with Crippen molar-refractivity contribution in [2.75, 3.05) is 18.4 Å². The second-order valence-corrected chi connectivity index (χ2v) is 7.23. The molecule has 0 atom stereocenters. The van der Waals surface area contributed by atoms with Gasteiger partial charge in [0.25, 0.3) is 10.0 Å². The molecule has 0 aliphatic carbocycles. The molecule has 0 fully saturated rings. The number of nitrogens with one attached hydrogen (secondary N) is 2. The smallest absolute Gasteiger partial charge is 0.337 e. The molecule has 1 amide bonds. The summed E-state index contributed by atoms with van der Waals surface area (Å²) in [6, 6.07) is 12.4. The van der Waals surface area contributed by atoms with Crippen LogP contribution in [0.15, 0.2) is 53.4 Å². The number of benzene rings is 2. The third-order valence-corrected chi connectivity index (χ3v) is 4.98. The lowest BCUT2D eigenvalue weighted by molar-refractivity contribution is -0.118. The Hall–Kier alpha value is -2.87. The maximum Gasteiger partial charge on any atom is 0.337 e. The number of sulfonamides is 1. The van der Waals surface area contributed by atoms with Gasteiger partial charge in [0, 0.05) is 19.2 Å². The number of carbonyl (C=O) groups excluding carboxylic acids is 2. The van der Waals surface area contributed by atoms with Crippen LogP contribution in [0.2, 0.25) is 0 Å². The van der Waals surface area contributed by atoms with Crippen LogP contribution in [0.3, 0.4) is 0 Å². The van der Waals surface area contributed by atoms with E-state index in [-0.39, 0.29) is 10.8 Å². The lowest BCUT2D eigenvalue weighted by atomic mass is 10.1. The quantitative estimate of drug-likeness (QED) is 0.719. The zero-order valence-electron chi connectivity index (χ0n) is 14.5. The summed E-state index contributed by atoms with van der Waals surface area (Å²) >= 11 is 0. The lowest BCUT2D eigenvalue weighted by Gasteiger charge is -2.09. The Labute approximate surface area is 152 Å². The summed E-state index contributed by atoms with van der Waals surface area (Å²) in [7, 11) is -2.46. The molecule has 0 saturated carbocycles. The zero-order valence-corrected chi connectivity index (χ0v) is 15.3. The van der Waals surface area contributed by atoms with Crippen LogP contribution in [-0.4, -0.2) is 33.9 Å². The second-order valence-electron chi connectivity index (χ2n) is 5.55. The molecule has 0 aliphatic rings. The van der Waals surface area contributed by atoms with Crippen LogP contribution >= 0.6 is 0 Å². The summed E-state index contributed by atoms with van der Waals surface area (Å²) in [6.45, 7) is 1.94. The van der Waals surface area contributed by atoms with Crippen LogP contribution < -0.4 is 10.0 Å². The molecule has 0 heterocycles. The highest BCUT2D eigenvalue weighted by molar-refractivity contribution is 7.92. The number of esters is 1. The fourth-order valence-electron chi connectivity index (χ4n) is 2.22. The molecule has 2 aromatic carbocycles. The molecule has 0 saturated heterocycles. The van der Waals surface area contributed by atoms with Gasteiger partial charge in [-0.15, -0.1) is 0 Å². The van der Waals surface area contributed by atoms with Gasteiger partial charge in [-0.1, -0.05) is 12.1 Å². The molecule has 0 spiro atoms. The maximum absolute atomic E-state index is 12.4. The van der Waals surface area contributed by atoms with E-state index >= 15 is 0 Å². The van der Waals surface area contributed by atoms with Gasteiger partial charge < -0.3 is 10.1 Å².